The van der Waals surface area contributed by atoms with E-state index in [4.69, 9.17) is 14.2 Å². The van der Waals surface area contributed by atoms with Gasteiger partial charge in [0.2, 0.25) is 0 Å². The fraction of sp³-hybridized carbons (Fsp3) is 0.381. The molecule has 1 aliphatic carbocycles. The molecule has 5 nitrogen and oxygen atoms in total. The van der Waals surface area contributed by atoms with Crippen molar-refractivity contribution in [3.8, 4) is 17.2 Å². The van der Waals surface area contributed by atoms with Crippen LogP contribution in [0.25, 0.3) is 16.8 Å². The summed E-state index contributed by atoms with van der Waals surface area (Å²) < 4.78 is 16.6. The first-order valence-corrected chi connectivity index (χ1v) is 8.71. The van der Waals surface area contributed by atoms with Gasteiger partial charge in [-0.25, -0.2) is 0 Å². The second-order valence-corrected chi connectivity index (χ2v) is 6.42. The molecule has 26 heavy (non-hydrogen) atoms. The minimum absolute atomic E-state index is 0.0302. The molecule has 0 saturated carbocycles. The summed E-state index contributed by atoms with van der Waals surface area (Å²) in [6.07, 6.45) is 5.73. The zero-order valence-electron chi connectivity index (χ0n) is 15.6. The van der Waals surface area contributed by atoms with Crippen LogP contribution in [0, 0.1) is 6.92 Å². The molecule has 0 saturated heterocycles. The van der Waals surface area contributed by atoms with Crippen molar-refractivity contribution in [2.75, 3.05) is 21.0 Å². The highest BCUT2D eigenvalue weighted by atomic mass is 16.7. The first-order valence-electron chi connectivity index (χ1n) is 8.71. The number of aromatic hydroxyl groups is 1. The maximum absolute atomic E-state index is 12.5. The van der Waals surface area contributed by atoms with Crippen LogP contribution in [-0.2, 0) is 11.2 Å². The van der Waals surface area contributed by atoms with E-state index < -0.39 is 0 Å². The Morgan fingerprint density at radius 2 is 2.00 bits per heavy atom. The lowest BCUT2D eigenvalue weighted by Crippen LogP contribution is -2.13. The summed E-state index contributed by atoms with van der Waals surface area (Å²) in [4.78, 5) is 12.5. The van der Waals surface area contributed by atoms with Crippen molar-refractivity contribution in [1.82, 2.24) is 0 Å². The maximum atomic E-state index is 12.5. The molecule has 1 aliphatic rings. The van der Waals surface area contributed by atoms with E-state index >= 15 is 0 Å². The second kappa shape index (κ2) is 7.38. The van der Waals surface area contributed by atoms with Gasteiger partial charge in [-0.15, -0.1) is 0 Å². The van der Waals surface area contributed by atoms with Crippen molar-refractivity contribution in [1.29, 1.82) is 0 Å². The molecule has 0 bridgehead atoms. The molecule has 2 aromatic carbocycles. The number of phenols is 1. The van der Waals surface area contributed by atoms with E-state index in [0.29, 0.717) is 35.3 Å². The summed E-state index contributed by atoms with van der Waals surface area (Å²) in [7, 11) is 3.13. The molecular formula is C21H24O5. The summed E-state index contributed by atoms with van der Waals surface area (Å²) >= 11 is 0. The van der Waals surface area contributed by atoms with Crippen LogP contribution in [0.3, 0.4) is 0 Å². The zero-order chi connectivity index (χ0) is 18.8. The lowest BCUT2D eigenvalue weighted by atomic mass is 9.85. The summed E-state index contributed by atoms with van der Waals surface area (Å²) in [5.74, 6) is 1.04. The molecule has 0 heterocycles. The molecule has 1 N–H and O–H groups in total. The van der Waals surface area contributed by atoms with Crippen LogP contribution in [0.5, 0.6) is 17.2 Å². The fourth-order valence-electron chi connectivity index (χ4n) is 3.73. The zero-order valence-corrected chi connectivity index (χ0v) is 15.6. The number of methoxy groups -OCH3 is 2. The van der Waals surface area contributed by atoms with Crippen LogP contribution in [0.1, 0.15) is 46.8 Å². The van der Waals surface area contributed by atoms with E-state index in [9.17, 15) is 9.90 Å². The predicted molar refractivity (Wildman–Crippen MR) is 101 cm³/mol. The number of ketones is 1. The van der Waals surface area contributed by atoms with Crippen molar-refractivity contribution in [3.63, 3.8) is 0 Å². The molecule has 0 spiro atoms. The van der Waals surface area contributed by atoms with Gasteiger partial charge in [0.1, 0.15) is 17.2 Å². The van der Waals surface area contributed by atoms with E-state index in [1.54, 1.807) is 14.2 Å². The minimum atomic E-state index is -0.0604. The summed E-state index contributed by atoms with van der Waals surface area (Å²) in [5, 5.41) is 12.3. The first kappa shape index (κ1) is 18.3. The van der Waals surface area contributed by atoms with Gasteiger partial charge in [-0.2, -0.15) is 0 Å². The Labute approximate surface area is 153 Å². The first-order chi connectivity index (χ1) is 12.5. The number of hydrogen-bond acceptors (Lipinski definition) is 5. The summed E-state index contributed by atoms with van der Waals surface area (Å²) in [5.41, 5.74) is 2.97. The van der Waals surface area contributed by atoms with Crippen LogP contribution >= 0.6 is 0 Å². The summed E-state index contributed by atoms with van der Waals surface area (Å²) in [6.45, 7) is 3.94. The third-order valence-electron chi connectivity index (χ3n) is 4.79. The third-order valence-corrected chi connectivity index (χ3v) is 4.79. The van der Waals surface area contributed by atoms with Gasteiger partial charge in [0.15, 0.2) is 12.6 Å². The van der Waals surface area contributed by atoms with Gasteiger partial charge < -0.3 is 19.3 Å². The van der Waals surface area contributed by atoms with E-state index in [-0.39, 0.29) is 18.3 Å². The number of fused-ring (bicyclic) bond motifs is 2. The molecule has 0 unspecified atom stereocenters. The van der Waals surface area contributed by atoms with Gasteiger partial charge in [-0.1, -0.05) is 12.2 Å². The molecule has 0 aromatic heterocycles. The Kier molecular flexibility index (Phi) is 5.18. The van der Waals surface area contributed by atoms with Gasteiger partial charge in [0.25, 0.3) is 0 Å². The Morgan fingerprint density at radius 3 is 2.65 bits per heavy atom. The van der Waals surface area contributed by atoms with Crippen LogP contribution in [0.15, 0.2) is 12.1 Å². The number of aryl methyl sites for hydroxylation is 1. The normalized spacial score (nSPS) is 14.1. The lowest BCUT2D eigenvalue weighted by Gasteiger charge is -2.24. The van der Waals surface area contributed by atoms with Crippen molar-refractivity contribution in [2.45, 2.75) is 33.1 Å². The van der Waals surface area contributed by atoms with Crippen molar-refractivity contribution in [3.05, 3.63) is 34.4 Å². The van der Waals surface area contributed by atoms with E-state index in [0.717, 1.165) is 28.5 Å². The molecule has 0 aliphatic heterocycles. The molecular weight excluding hydrogens is 332 g/mol. The van der Waals surface area contributed by atoms with E-state index in [1.165, 1.54) is 0 Å². The molecule has 0 atom stereocenters. The number of ether oxygens (including phenoxy) is 3. The highest BCUT2D eigenvalue weighted by molar-refractivity contribution is 6.12. The Hall–Kier alpha value is -2.53. The molecule has 138 valence electrons. The number of carbonyl (C=O) groups excluding carboxylic acids is 1. The fourth-order valence-corrected chi connectivity index (χ4v) is 3.73. The number of phenolic OH excluding ortho intramolecular Hbond substituents is 1. The molecule has 5 heteroatoms. The average Bonchev–Trinajstić information content (AvgIpc) is 2.62. The van der Waals surface area contributed by atoms with Gasteiger partial charge in [-0.3, -0.25) is 4.79 Å². The standard InChI is InChI=1S/C21H24O5/c1-5-7-13-12(2)10-15-18(21(13)26-11-24-3)19(23)17-14(20(15)25-4)8-6-9-16(17)22/h5,7,10,23H,6,8-9,11H2,1-4H3. The van der Waals surface area contributed by atoms with Gasteiger partial charge in [0.05, 0.1) is 18.1 Å². The van der Waals surface area contributed by atoms with Crippen LogP contribution in [0.2, 0.25) is 0 Å². The van der Waals surface area contributed by atoms with Crippen LogP contribution in [0.4, 0.5) is 0 Å². The average molecular weight is 356 g/mol. The smallest absolute Gasteiger partial charge is 0.188 e. The van der Waals surface area contributed by atoms with Crippen LogP contribution in [-0.4, -0.2) is 31.9 Å². The summed E-state index contributed by atoms with van der Waals surface area (Å²) in [6, 6.07) is 1.97. The second-order valence-electron chi connectivity index (χ2n) is 6.42. The van der Waals surface area contributed by atoms with Crippen LogP contribution < -0.4 is 9.47 Å². The van der Waals surface area contributed by atoms with Gasteiger partial charge in [-0.05, 0) is 38.3 Å². The van der Waals surface area contributed by atoms with Crippen molar-refractivity contribution in [2.24, 2.45) is 0 Å². The van der Waals surface area contributed by atoms with E-state index in [2.05, 4.69) is 0 Å². The third kappa shape index (κ3) is 2.82. The lowest BCUT2D eigenvalue weighted by molar-refractivity contribution is 0.0520. The quantitative estimate of drug-likeness (QED) is 0.805. The molecule has 2 aromatic rings. The Balaban J connectivity index is 2.48. The van der Waals surface area contributed by atoms with Crippen molar-refractivity contribution >= 4 is 22.6 Å². The Morgan fingerprint density at radius 1 is 1.23 bits per heavy atom. The SMILES string of the molecule is CC=Cc1c(C)cc2c(OC)c3c(c(O)c2c1OCOC)C(=O)CCC3. The monoisotopic (exact) mass is 356 g/mol. The van der Waals surface area contributed by atoms with Crippen molar-refractivity contribution < 1.29 is 24.1 Å². The molecule has 3 rings (SSSR count). The van der Waals surface area contributed by atoms with Gasteiger partial charge in [0, 0.05) is 30.0 Å². The minimum Gasteiger partial charge on any atom is -0.506 e. The highest BCUT2D eigenvalue weighted by Gasteiger charge is 2.30. The topological polar surface area (TPSA) is 65.0 Å². The number of carbonyl (C=O) groups is 1. The highest BCUT2D eigenvalue weighted by Crippen LogP contribution is 2.48. The number of Topliss-reactive ketones (excluding diaryl/α,β-unsaturated/α-hetero) is 1. The van der Waals surface area contributed by atoms with Gasteiger partial charge >= 0.3 is 0 Å². The number of allylic oxidation sites excluding steroid dienone is 1. The molecule has 0 fully saturated rings. The van der Waals surface area contributed by atoms with E-state index in [1.807, 2.05) is 32.1 Å². The number of hydrogen-bond donors (Lipinski definition) is 1. The molecule has 0 radical (unpaired) electrons. The number of benzene rings is 2. The Bertz CT molecular complexity index is 896. The number of rotatable bonds is 5. The maximum Gasteiger partial charge on any atom is 0.188 e. The predicted octanol–water partition coefficient (Wildman–Crippen LogP) is 4.40. The molecule has 0 amide bonds. The largest absolute Gasteiger partial charge is 0.506 e.